The standard InChI is InChI=1S/C28H32ClN3O5S/c1-28(2,3)17-10-13-23-20(14-17)26(19-8-6-7-9-22(19)30-23)27(34)37-16-25(33)31-24-15-18(11-12-21(24)29)38(35,36)32(4)5/h6-9,11-12,15,17H,10,13-14,16H2,1-5H3,(H,31,33)/t17-/m0/s1. The molecule has 0 saturated heterocycles. The van der Waals surface area contributed by atoms with Gasteiger partial charge in [-0.3, -0.25) is 9.78 Å². The molecule has 8 nitrogen and oxygen atoms in total. The van der Waals surface area contributed by atoms with Crippen molar-refractivity contribution in [2.24, 2.45) is 11.3 Å². The number of rotatable bonds is 6. The largest absolute Gasteiger partial charge is 0.452 e. The van der Waals surface area contributed by atoms with Gasteiger partial charge in [-0.05, 0) is 60.4 Å². The summed E-state index contributed by atoms with van der Waals surface area (Å²) < 4.78 is 31.5. The number of halogens is 1. The van der Waals surface area contributed by atoms with Gasteiger partial charge >= 0.3 is 5.97 Å². The van der Waals surface area contributed by atoms with Crippen LogP contribution in [0.3, 0.4) is 0 Å². The summed E-state index contributed by atoms with van der Waals surface area (Å²) in [6, 6.07) is 11.5. The highest BCUT2D eigenvalue weighted by Gasteiger charge is 2.33. The summed E-state index contributed by atoms with van der Waals surface area (Å²) in [5.74, 6) is -0.861. The van der Waals surface area contributed by atoms with Gasteiger partial charge in [0.2, 0.25) is 10.0 Å². The molecule has 0 saturated carbocycles. The number of hydrogen-bond donors (Lipinski definition) is 1. The monoisotopic (exact) mass is 557 g/mol. The highest BCUT2D eigenvalue weighted by Crippen LogP contribution is 2.39. The minimum atomic E-state index is -3.73. The number of fused-ring (bicyclic) bond motifs is 2. The van der Waals surface area contributed by atoms with E-state index in [1.54, 1.807) is 0 Å². The molecule has 38 heavy (non-hydrogen) atoms. The number of anilines is 1. The number of aryl methyl sites for hydroxylation is 1. The van der Waals surface area contributed by atoms with Crippen molar-refractivity contribution in [1.29, 1.82) is 0 Å². The van der Waals surface area contributed by atoms with Gasteiger partial charge in [0.25, 0.3) is 5.91 Å². The lowest BCUT2D eigenvalue weighted by Crippen LogP contribution is -2.29. The van der Waals surface area contributed by atoms with Crippen LogP contribution >= 0.6 is 11.6 Å². The molecule has 4 rings (SSSR count). The molecular weight excluding hydrogens is 526 g/mol. The smallest absolute Gasteiger partial charge is 0.339 e. The number of amides is 1. The van der Waals surface area contributed by atoms with Crippen molar-refractivity contribution < 1.29 is 22.7 Å². The Morgan fingerprint density at radius 1 is 1.16 bits per heavy atom. The number of pyridine rings is 1. The maximum atomic E-state index is 13.4. The van der Waals surface area contributed by atoms with E-state index in [1.165, 1.54) is 32.3 Å². The van der Waals surface area contributed by atoms with E-state index in [2.05, 4.69) is 26.1 Å². The van der Waals surface area contributed by atoms with Crippen LogP contribution in [-0.2, 0) is 32.4 Å². The molecule has 0 aliphatic heterocycles. The number of nitrogens with one attached hydrogen (secondary N) is 1. The second-order valence-corrected chi connectivity index (χ2v) is 13.3. The van der Waals surface area contributed by atoms with Crippen LogP contribution in [0.25, 0.3) is 10.9 Å². The quantitative estimate of drug-likeness (QED) is 0.423. The number of aromatic nitrogens is 1. The van der Waals surface area contributed by atoms with Gasteiger partial charge in [-0.25, -0.2) is 17.5 Å². The Labute approximate surface area is 228 Å². The van der Waals surface area contributed by atoms with E-state index in [9.17, 15) is 18.0 Å². The fourth-order valence-electron chi connectivity index (χ4n) is 4.72. The molecule has 1 amide bonds. The first-order valence-electron chi connectivity index (χ1n) is 12.4. The number of para-hydroxylation sites is 1. The average molecular weight is 558 g/mol. The van der Waals surface area contributed by atoms with Crippen molar-refractivity contribution in [3.8, 4) is 0 Å². The lowest BCUT2D eigenvalue weighted by Gasteiger charge is -2.35. The van der Waals surface area contributed by atoms with Gasteiger partial charge in [-0.2, -0.15) is 0 Å². The summed E-state index contributed by atoms with van der Waals surface area (Å²) in [5, 5.41) is 3.40. The molecule has 2 aromatic carbocycles. The lowest BCUT2D eigenvalue weighted by molar-refractivity contribution is -0.119. The summed E-state index contributed by atoms with van der Waals surface area (Å²) in [5.41, 5.74) is 3.11. The minimum Gasteiger partial charge on any atom is -0.452 e. The minimum absolute atomic E-state index is 0.0255. The molecule has 3 aromatic rings. The van der Waals surface area contributed by atoms with Crippen molar-refractivity contribution in [2.75, 3.05) is 26.0 Å². The predicted molar refractivity (Wildman–Crippen MR) is 148 cm³/mol. The number of carbonyl (C=O) groups excluding carboxylic acids is 2. The van der Waals surface area contributed by atoms with E-state index < -0.39 is 28.5 Å². The molecular formula is C28H32ClN3O5S. The molecule has 1 heterocycles. The highest BCUT2D eigenvalue weighted by molar-refractivity contribution is 7.89. The molecule has 10 heteroatoms. The molecule has 0 fully saturated rings. The molecule has 1 atom stereocenters. The number of hydrogen-bond acceptors (Lipinski definition) is 6. The normalized spacial score (nSPS) is 15.8. The van der Waals surface area contributed by atoms with Gasteiger partial charge in [0.1, 0.15) is 0 Å². The fraction of sp³-hybridized carbons (Fsp3) is 0.393. The van der Waals surface area contributed by atoms with Gasteiger partial charge in [0.15, 0.2) is 6.61 Å². The summed E-state index contributed by atoms with van der Waals surface area (Å²) >= 11 is 6.19. The van der Waals surface area contributed by atoms with E-state index in [4.69, 9.17) is 21.3 Å². The van der Waals surface area contributed by atoms with Gasteiger partial charge < -0.3 is 10.1 Å². The van der Waals surface area contributed by atoms with Crippen LogP contribution in [0, 0.1) is 11.3 Å². The van der Waals surface area contributed by atoms with E-state index in [-0.39, 0.29) is 21.0 Å². The molecule has 0 radical (unpaired) electrons. The third-order valence-corrected chi connectivity index (χ3v) is 9.15. The number of nitrogens with zero attached hydrogens (tertiary/aromatic N) is 2. The molecule has 202 valence electrons. The third-order valence-electron chi connectivity index (χ3n) is 7.01. The van der Waals surface area contributed by atoms with Gasteiger partial charge in [0.05, 0.1) is 26.7 Å². The van der Waals surface area contributed by atoms with Gasteiger partial charge in [-0.15, -0.1) is 0 Å². The zero-order valence-electron chi connectivity index (χ0n) is 22.2. The number of esters is 1. The SMILES string of the molecule is CN(C)S(=O)(=O)c1ccc(Cl)c(NC(=O)COC(=O)c2c3c(nc4ccccc24)CC[C@H](C(C)(C)C)C3)c1. The fourth-order valence-corrected chi connectivity index (χ4v) is 5.81. The second kappa shape index (κ2) is 10.6. The van der Waals surface area contributed by atoms with Crippen molar-refractivity contribution in [3.63, 3.8) is 0 Å². The number of carbonyl (C=O) groups is 2. The van der Waals surface area contributed by atoms with Crippen LogP contribution in [0.2, 0.25) is 5.02 Å². The molecule has 0 spiro atoms. The molecule has 0 bridgehead atoms. The summed E-state index contributed by atoms with van der Waals surface area (Å²) in [6.07, 6.45) is 2.46. The molecule has 1 aliphatic carbocycles. The Kier molecular flexibility index (Phi) is 7.84. The van der Waals surface area contributed by atoms with E-state index >= 15 is 0 Å². The van der Waals surface area contributed by atoms with Crippen LogP contribution in [-0.4, -0.2) is 50.3 Å². The predicted octanol–water partition coefficient (Wildman–Crippen LogP) is 5.09. The zero-order chi connectivity index (χ0) is 27.8. The summed E-state index contributed by atoms with van der Waals surface area (Å²) in [4.78, 5) is 30.9. The maximum Gasteiger partial charge on any atom is 0.339 e. The molecule has 1 aliphatic rings. The zero-order valence-corrected chi connectivity index (χ0v) is 23.7. The second-order valence-electron chi connectivity index (χ2n) is 10.8. The van der Waals surface area contributed by atoms with Gasteiger partial charge in [-0.1, -0.05) is 50.6 Å². The highest BCUT2D eigenvalue weighted by atomic mass is 35.5. The van der Waals surface area contributed by atoms with Crippen LogP contribution in [0.4, 0.5) is 5.69 Å². The van der Waals surface area contributed by atoms with E-state index in [0.29, 0.717) is 28.8 Å². The van der Waals surface area contributed by atoms with Crippen molar-refractivity contribution >= 4 is 50.1 Å². The van der Waals surface area contributed by atoms with Crippen molar-refractivity contribution in [1.82, 2.24) is 9.29 Å². The van der Waals surface area contributed by atoms with Gasteiger partial charge in [0, 0.05) is 25.2 Å². The van der Waals surface area contributed by atoms with Crippen LogP contribution < -0.4 is 5.32 Å². The summed E-state index contributed by atoms with van der Waals surface area (Å²) in [6.45, 7) is 6.03. The number of ether oxygens (including phenoxy) is 1. The Hall–Kier alpha value is -3.01. The Balaban J connectivity index is 1.57. The van der Waals surface area contributed by atoms with Crippen molar-refractivity contribution in [2.45, 2.75) is 44.9 Å². The first kappa shape index (κ1) is 28.0. The molecule has 1 N–H and O–H groups in total. The van der Waals surface area contributed by atoms with E-state index in [0.717, 1.165) is 28.4 Å². The Bertz CT molecular complexity index is 1510. The third kappa shape index (κ3) is 5.70. The average Bonchev–Trinajstić information content (AvgIpc) is 2.86. The molecule has 0 unspecified atom stereocenters. The number of sulfonamides is 1. The first-order chi connectivity index (χ1) is 17.8. The molecule has 1 aromatic heterocycles. The Morgan fingerprint density at radius 3 is 2.55 bits per heavy atom. The lowest BCUT2D eigenvalue weighted by atomic mass is 9.70. The Morgan fingerprint density at radius 2 is 1.87 bits per heavy atom. The first-order valence-corrected chi connectivity index (χ1v) is 14.2. The van der Waals surface area contributed by atoms with Crippen LogP contribution in [0.5, 0.6) is 0 Å². The van der Waals surface area contributed by atoms with E-state index in [1.807, 2.05) is 24.3 Å². The maximum absolute atomic E-state index is 13.4. The van der Waals surface area contributed by atoms with Crippen molar-refractivity contribution in [3.05, 3.63) is 64.3 Å². The number of benzene rings is 2. The van der Waals surface area contributed by atoms with Crippen LogP contribution in [0.1, 0.15) is 48.8 Å². The topological polar surface area (TPSA) is 106 Å². The summed E-state index contributed by atoms with van der Waals surface area (Å²) in [7, 11) is -0.907. The van der Waals surface area contributed by atoms with Crippen LogP contribution in [0.15, 0.2) is 47.4 Å².